The number of anilines is 2. The Hall–Kier alpha value is -1.36. The second-order valence-electron chi connectivity index (χ2n) is 4.27. The highest BCUT2D eigenvalue weighted by atomic mass is 16.5. The number of nitrogens with zero attached hydrogens (tertiary/aromatic N) is 3. The van der Waals surface area contributed by atoms with Crippen LogP contribution in [0.2, 0.25) is 0 Å². The predicted octanol–water partition coefficient (Wildman–Crippen LogP) is 1.24. The summed E-state index contributed by atoms with van der Waals surface area (Å²) in [5.41, 5.74) is 5.80. The Balaban J connectivity index is 2.18. The fourth-order valence-electron chi connectivity index (χ4n) is 2.00. The van der Waals surface area contributed by atoms with Gasteiger partial charge in [0.2, 0.25) is 0 Å². The maximum absolute atomic E-state index is 5.80. The van der Waals surface area contributed by atoms with Crippen molar-refractivity contribution in [3.05, 3.63) is 11.9 Å². The molecule has 94 valence electrons. The summed E-state index contributed by atoms with van der Waals surface area (Å²) < 4.78 is 5.65. The summed E-state index contributed by atoms with van der Waals surface area (Å²) in [6.07, 6.45) is 2.13. The van der Waals surface area contributed by atoms with Crippen molar-refractivity contribution >= 4 is 11.6 Å². The van der Waals surface area contributed by atoms with Gasteiger partial charge in [-0.1, -0.05) is 13.8 Å². The predicted molar refractivity (Wildman–Crippen MR) is 68.1 cm³/mol. The highest BCUT2D eigenvalue weighted by Crippen LogP contribution is 2.18. The molecule has 0 radical (unpaired) electrons. The number of aromatic nitrogens is 2. The molecule has 1 aromatic heterocycles. The molecule has 5 nitrogen and oxygen atoms in total. The first-order valence-electron chi connectivity index (χ1n) is 6.23. The van der Waals surface area contributed by atoms with Gasteiger partial charge in [-0.15, -0.1) is 0 Å². The van der Waals surface area contributed by atoms with Crippen molar-refractivity contribution in [2.75, 3.05) is 30.3 Å². The van der Waals surface area contributed by atoms with Gasteiger partial charge < -0.3 is 15.4 Å². The van der Waals surface area contributed by atoms with E-state index < -0.39 is 0 Å². The number of ether oxygens (including phenoxy) is 1. The molecule has 0 bridgehead atoms. The van der Waals surface area contributed by atoms with E-state index in [9.17, 15) is 0 Å². The van der Waals surface area contributed by atoms with Gasteiger partial charge in [-0.3, -0.25) is 0 Å². The minimum Gasteiger partial charge on any atom is -0.384 e. The van der Waals surface area contributed by atoms with Crippen LogP contribution in [0.25, 0.3) is 0 Å². The maximum Gasteiger partial charge on any atom is 0.134 e. The number of nitrogens with two attached hydrogens (primary N) is 1. The lowest BCUT2D eigenvalue weighted by atomic mass is 10.2. The summed E-state index contributed by atoms with van der Waals surface area (Å²) in [4.78, 5) is 10.9. The molecule has 0 aromatic carbocycles. The number of aryl methyl sites for hydroxylation is 1. The van der Waals surface area contributed by atoms with E-state index in [1.165, 1.54) is 0 Å². The molecule has 2 N–H and O–H groups in total. The summed E-state index contributed by atoms with van der Waals surface area (Å²) in [6, 6.07) is 1.84. The van der Waals surface area contributed by atoms with Crippen LogP contribution in [0.3, 0.4) is 0 Å². The first kappa shape index (κ1) is 12.1. The molecule has 17 heavy (non-hydrogen) atoms. The molecule has 1 aliphatic rings. The van der Waals surface area contributed by atoms with E-state index in [1.807, 2.05) is 13.0 Å². The third-order valence-electron chi connectivity index (χ3n) is 3.01. The fourth-order valence-corrected chi connectivity index (χ4v) is 2.00. The van der Waals surface area contributed by atoms with Crippen LogP contribution in [0.5, 0.6) is 0 Å². The van der Waals surface area contributed by atoms with E-state index in [-0.39, 0.29) is 0 Å². The summed E-state index contributed by atoms with van der Waals surface area (Å²) in [7, 11) is 0. The van der Waals surface area contributed by atoms with Crippen LogP contribution in [-0.2, 0) is 11.2 Å². The lowest BCUT2D eigenvalue weighted by Gasteiger charge is -2.33. The van der Waals surface area contributed by atoms with Gasteiger partial charge in [0.1, 0.15) is 17.5 Å². The quantitative estimate of drug-likeness (QED) is 0.855. The Morgan fingerprint density at radius 2 is 2.29 bits per heavy atom. The minimum absolute atomic E-state index is 0.296. The molecule has 0 spiro atoms. The van der Waals surface area contributed by atoms with Crippen molar-refractivity contribution in [1.29, 1.82) is 0 Å². The van der Waals surface area contributed by atoms with Gasteiger partial charge in [0, 0.05) is 25.6 Å². The fraction of sp³-hybridized carbons (Fsp3) is 0.667. The zero-order chi connectivity index (χ0) is 12.3. The summed E-state index contributed by atoms with van der Waals surface area (Å²) in [5, 5.41) is 0. The Morgan fingerprint density at radius 1 is 1.47 bits per heavy atom. The zero-order valence-corrected chi connectivity index (χ0v) is 10.5. The molecule has 5 heteroatoms. The molecule has 1 aliphatic heterocycles. The van der Waals surface area contributed by atoms with Crippen LogP contribution in [0.4, 0.5) is 11.6 Å². The van der Waals surface area contributed by atoms with Crippen molar-refractivity contribution in [1.82, 2.24) is 9.97 Å². The van der Waals surface area contributed by atoms with Crippen LogP contribution in [0.1, 0.15) is 26.1 Å². The highest BCUT2D eigenvalue weighted by molar-refractivity contribution is 5.47. The van der Waals surface area contributed by atoms with Gasteiger partial charge in [-0.05, 0) is 6.42 Å². The van der Waals surface area contributed by atoms with E-state index in [2.05, 4.69) is 21.8 Å². The smallest absolute Gasteiger partial charge is 0.134 e. The van der Waals surface area contributed by atoms with E-state index in [0.717, 1.165) is 44.2 Å². The van der Waals surface area contributed by atoms with Gasteiger partial charge in [0.25, 0.3) is 0 Å². The molecule has 1 fully saturated rings. The highest BCUT2D eigenvalue weighted by Gasteiger charge is 2.20. The monoisotopic (exact) mass is 236 g/mol. The second kappa shape index (κ2) is 5.31. The van der Waals surface area contributed by atoms with Crippen molar-refractivity contribution < 1.29 is 4.74 Å². The van der Waals surface area contributed by atoms with E-state index in [0.29, 0.717) is 11.9 Å². The lowest BCUT2D eigenvalue weighted by Crippen LogP contribution is -2.42. The van der Waals surface area contributed by atoms with Gasteiger partial charge in [0.15, 0.2) is 0 Å². The Labute approximate surface area is 102 Å². The summed E-state index contributed by atoms with van der Waals surface area (Å²) in [6.45, 7) is 6.68. The Kier molecular flexibility index (Phi) is 3.78. The molecule has 0 aliphatic carbocycles. The van der Waals surface area contributed by atoms with Crippen molar-refractivity contribution in [2.45, 2.75) is 32.8 Å². The van der Waals surface area contributed by atoms with Crippen molar-refractivity contribution in [2.24, 2.45) is 0 Å². The van der Waals surface area contributed by atoms with Crippen molar-refractivity contribution in [3.63, 3.8) is 0 Å². The molecule has 2 rings (SSSR count). The molecule has 0 amide bonds. The van der Waals surface area contributed by atoms with Crippen molar-refractivity contribution in [3.8, 4) is 0 Å². The van der Waals surface area contributed by atoms with Crippen LogP contribution < -0.4 is 10.6 Å². The normalized spacial score (nSPS) is 20.6. The second-order valence-corrected chi connectivity index (χ2v) is 4.27. The molecular formula is C12H20N4O. The van der Waals surface area contributed by atoms with E-state index in [4.69, 9.17) is 10.5 Å². The number of morpholine rings is 1. The number of hydrogen-bond donors (Lipinski definition) is 1. The zero-order valence-electron chi connectivity index (χ0n) is 10.5. The molecule has 1 saturated heterocycles. The molecule has 0 saturated carbocycles. The third-order valence-corrected chi connectivity index (χ3v) is 3.01. The largest absolute Gasteiger partial charge is 0.384 e. The SMILES string of the molecule is CCc1nc(N)cc(N2CCOC(CC)C2)n1. The van der Waals surface area contributed by atoms with Crippen LogP contribution in [0, 0.1) is 0 Å². The first-order valence-corrected chi connectivity index (χ1v) is 6.23. The molecule has 1 aromatic rings. The topological polar surface area (TPSA) is 64.3 Å². The molecule has 1 atom stereocenters. The average Bonchev–Trinajstić information content (AvgIpc) is 2.38. The summed E-state index contributed by atoms with van der Waals surface area (Å²) >= 11 is 0. The first-order chi connectivity index (χ1) is 8.22. The number of rotatable bonds is 3. The van der Waals surface area contributed by atoms with Gasteiger partial charge in [0.05, 0.1) is 12.7 Å². The Morgan fingerprint density at radius 3 is 3.00 bits per heavy atom. The standard InChI is InChI=1S/C12H20N4O/c1-3-9-8-16(5-6-17-9)12-7-10(13)14-11(4-2)15-12/h7,9H,3-6,8H2,1-2H3,(H2,13,14,15). The van der Waals surface area contributed by atoms with E-state index >= 15 is 0 Å². The van der Waals surface area contributed by atoms with Gasteiger partial charge in [-0.2, -0.15) is 0 Å². The number of nitrogen functional groups attached to an aromatic ring is 1. The lowest BCUT2D eigenvalue weighted by molar-refractivity contribution is 0.0381. The van der Waals surface area contributed by atoms with Crippen LogP contribution in [-0.4, -0.2) is 35.8 Å². The van der Waals surface area contributed by atoms with Crippen LogP contribution >= 0.6 is 0 Å². The summed E-state index contributed by atoms with van der Waals surface area (Å²) in [5.74, 6) is 2.28. The minimum atomic E-state index is 0.296. The number of hydrogen-bond acceptors (Lipinski definition) is 5. The van der Waals surface area contributed by atoms with Gasteiger partial charge in [-0.25, -0.2) is 9.97 Å². The van der Waals surface area contributed by atoms with Crippen LogP contribution in [0.15, 0.2) is 6.07 Å². The maximum atomic E-state index is 5.80. The molecule has 2 heterocycles. The Bertz CT molecular complexity index is 383. The van der Waals surface area contributed by atoms with E-state index in [1.54, 1.807) is 0 Å². The van der Waals surface area contributed by atoms with Gasteiger partial charge >= 0.3 is 0 Å². The average molecular weight is 236 g/mol. The molecule has 1 unspecified atom stereocenters. The third kappa shape index (κ3) is 2.85. The molecular weight excluding hydrogens is 216 g/mol.